The summed E-state index contributed by atoms with van der Waals surface area (Å²) in [6.45, 7) is 0. The average Bonchev–Trinajstić information content (AvgIpc) is 2.54. The molecule has 2 aromatic carbocycles. The Morgan fingerprint density at radius 2 is 1.92 bits per heavy atom. The average molecular weight is 455 g/mol. The molecule has 0 radical (unpaired) electrons. The maximum atomic E-state index is 13.4. The van der Waals surface area contributed by atoms with Crippen LogP contribution in [0.5, 0.6) is 11.5 Å². The molecule has 138 valence electrons. The number of halogens is 6. The molecule has 0 heterocycles. The molecule has 0 aliphatic heterocycles. The monoisotopic (exact) mass is 453 g/mol. The molecule has 0 bridgehead atoms. The van der Waals surface area contributed by atoms with Gasteiger partial charge in [-0.3, -0.25) is 0 Å². The molecule has 0 amide bonds. The summed E-state index contributed by atoms with van der Waals surface area (Å²) in [7, 11) is 0. The number of hydrogen-bond donors (Lipinski definition) is 1. The van der Waals surface area contributed by atoms with Crippen molar-refractivity contribution >= 4 is 44.4 Å². The van der Waals surface area contributed by atoms with Gasteiger partial charge >= 0.3 is 12.1 Å². The summed E-state index contributed by atoms with van der Waals surface area (Å²) in [5.41, 5.74) is -0.264. The summed E-state index contributed by atoms with van der Waals surface area (Å²) in [6.07, 6.45) is -4.82. The van der Waals surface area contributed by atoms with Gasteiger partial charge < -0.3 is 9.84 Å². The molecular formula is C16H9BrClF4NO3. The van der Waals surface area contributed by atoms with Crippen LogP contribution in [0.3, 0.4) is 0 Å². The molecule has 2 aromatic rings. The quantitative estimate of drug-likeness (QED) is 0.340. The molecule has 0 spiro atoms. The number of rotatable bonds is 5. The summed E-state index contributed by atoms with van der Waals surface area (Å²) >= 11 is 8.27. The van der Waals surface area contributed by atoms with Crippen LogP contribution in [0.15, 0.2) is 41.4 Å². The summed E-state index contributed by atoms with van der Waals surface area (Å²) in [5, 5.41) is 7.60. The van der Waals surface area contributed by atoms with Crippen LogP contribution in [-0.4, -0.2) is 22.4 Å². The Labute approximate surface area is 158 Å². The minimum atomic E-state index is -4.82. The number of hydrogen-bond acceptors (Lipinski definition) is 3. The highest BCUT2D eigenvalue weighted by Crippen LogP contribution is 2.36. The van der Waals surface area contributed by atoms with E-state index in [1.54, 1.807) is 0 Å². The van der Waals surface area contributed by atoms with Gasteiger partial charge in [-0.15, -0.1) is 0 Å². The summed E-state index contributed by atoms with van der Waals surface area (Å²) in [6, 6.07) is 6.84. The van der Waals surface area contributed by atoms with E-state index in [2.05, 4.69) is 20.9 Å². The highest BCUT2D eigenvalue weighted by atomic mass is 79.9. The minimum Gasteiger partial charge on any atom is -0.478 e. The first kappa shape index (κ1) is 20.2. The zero-order valence-corrected chi connectivity index (χ0v) is 15.0. The standard InChI is InChI=1S/C16H9BrClF4NO3/c17-7-10-11(23-15(18)16(20,21)22)2-1-3-12(10)26-13-6-8(19)4-5-9(13)14(24)25/h1-6H,7H2,(H,24,25). The Balaban J connectivity index is 2.51. The van der Waals surface area contributed by atoms with Gasteiger partial charge in [0.15, 0.2) is 0 Å². The van der Waals surface area contributed by atoms with Gasteiger partial charge in [-0.25, -0.2) is 14.2 Å². The number of carbonyl (C=O) groups is 1. The van der Waals surface area contributed by atoms with Crippen LogP contribution in [0.2, 0.25) is 0 Å². The van der Waals surface area contributed by atoms with E-state index < -0.39 is 23.1 Å². The van der Waals surface area contributed by atoms with Crippen LogP contribution in [0.1, 0.15) is 15.9 Å². The SMILES string of the molecule is O=C(O)c1ccc(F)cc1Oc1cccc(N=C(Cl)C(F)(F)F)c1CBr. The van der Waals surface area contributed by atoms with E-state index in [-0.39, 0.29) is 33.6 Å². The van der Waals surface area contributed by atoms with E-state index in [1.807, 2.05) is 0 Å². The van der Waals surface area contributed by atoms with Crippen LogP contribution in [0, 0.1) is 5.82 Å². The second-order valence-electron chi connectivity index (χ2n) is 4.84. The van der Waals surface area contributed by atoms with Gasteiger partial charge in [0.1, 0.15) is 22.9 Å². The van der Waals surface area contributed by atoms with Crippen LogP contribution >= 0.6 is 27.5 Å². The van der Waals surface area contributed by atoms with E-state index in [0.29, 0.717) is 0 Å². The van der Waals surface area contributed by atoms with Crippen molar-refractivity contribution in [2.24, 2.45) is 4.99 Å². The third-order valence-electron chi connectivity index (χ3n) is 3.09. The van der Waals surface area contributed by atoms with Crippen LogP contribution < -0.4 is 4.74 Å². The van der Waals surface area contributed by atoms with Gasteiger partial charge in [0, 0.05) is 17.0 Å². The number of ether oxygens (including phenoxy) is 1. The van der Waals surface area contributed by atoms with E-state index in [0.717, 1.165) is 18.2 Å². The van der Waals surface area contributed by atoms with Crippen molar-refractivity contribution in [1.82, 2.24) is 0 Å². The highest BCUT2D eigenvalue weighted by Gasteiger charge is 2.34. The minimum absolute atomic E-state index is 0.00265. The maximum Gasteiger partial charge on any atom is 0.444 e. The molecule has 4 nitrogen and oxygen atoms in total. The zero-order valence-electron chi connectivity index (χ0n) is 12.6. The number of alkyl halides is 4. The summed E-state index contributed by atoms with van der Waals surface area (Å²) in [4.78, 5) is 14.6. The van der Waals surface area contributed by atoms with Crippen molar-refractivity contribution in [1.29, 1.82) is 0 Å². The number of carboxylic acids is 1. The first-order valence-electron chi connectivity index (χ1n) is 6.83. The van der Waals surface area contributed by atoms with Gasteiger partial charge in [-0.05, 0) is 24.3 Å². The molecular weight excluding hydrogens is 446 g/mol. The number of benzene rings is 2. The Kier molecular flexibility index (Phi) is 6.25. The second kappa shape index (κ2) is 8.05. The molecule has 0 fully saturated rings. The van der Waals surface area contributed by atoms with E-state index in [9.17, 15) is 22.4 Å². The third kappa shape index (κ3) is 4.73. The van der Waals surface area contributed by atoms with Crippen molar-refractivity contribution < 1.29 is 32.2 Å². The predicted octanol–water partition coefficient (Wildman–Crippen LogP) is 6.04. The Morgan fingerprint density at radius 1 is 1.23 bits per heavy atom. The number of aromatic carboxylic acids is 1. The van der Waals surface area contributed by atoms with Crippen molar-refractivity contribution in [3.8, 4) is 11.5 Å². The molecule has 10 heteroatoms. The van der Waals surface area contributed by atoms with Crippen LogP contribution in [0.25, 0.3) is 0 Å². The van der Waals surface area contributed by atoms with Gasteiger partial charge in [-0.1, -0.05) is 33.6 Å². The van der Waals surface area contributed by atoms with Gasteiger partial charge in [0.25, 0.3) is 0 Å². The fraction of sp³-hybridized carbons (Fsp3) is 0.125. The van der Waals surface area contributed by atoms with E-state index >= 15 is 0 Å². The molecule has 26 heavy (non-hydrogen) atoms. The summed E-state index contributed by atoms with van der Waals surface area (Å²) in [5.74, 6) is -2.39. The van der Waals surface area contributed by atoms with E-state index in [4.69, 9.17) is 21.4 Å². The largest absolute Gasteiger partial charge is 0.478 e. The molecule has 0 saturated carbocycles. The van der Waals surface area contributed by atoms with Crippen molar-refractivity contribution in [3.63, 3.8) is 0 Å². The predicted molar refractivity (Wildman–Crippen MR) is 91.5 cm³/mol. The molecule has 0 aromatic heterocycles. The first-order chi connectivity index (χ1) is 12.1. The molecule has 0 aliphatic rings. The topological polar surface area (TPSA) is 58.9 Å². The molecule has 0 saturated heterocycles. The number of nitrogens with zero attached hydrogens (tertiary/aromatic N) is 1. The molecule has 0 unspecified atom stereocenters. The lowest BCUT2D eigenvalue weighted by molar-refractivity contribution is -0.0558. The Bertz CT molecular complexity index is 871. The van der Waals surface area contributed by atoms with E-state index in [1.165, 1.54) is 18.2 Å². The molecule has 0 atom stereocenters. The van der Waals surface area contributed by atoms with Gasteiger partial charge in [0.2, 0.25) is 5.17 Å². The Hall–Kier alpha value is -2.13. The Morgan fingerprint density at radius 3 is 2.50 bits per heavy atom. The normalized spacial score (nSPS) is 12.2. The van der Waals surface area contributed by atoms with Crippen LogP contribution in [-0.2, 0) is 5.33 Å². The lowest BCUT2D eigenvalue weighted by Gasteiger charge is -2.14. The molecule has 2 rings (SSSR count). The van der Waals surface area contributed by atoms with Crippen molar-refractivity contribution in [3.05, 3.63) is 53.3 Å². The molecule has 1 N–H and O–H groups in total. The van der Waals surface area contributed by atoms with Crippen LogP contribution in [0.4, 0.5) is 23.2 Å². The highest BCUT2D eigenvalue weighted by molar-refractivity contribution is 9.08. The second-order valence-corrected chi connectivity index (χ2v) is 5.75. The molecule has 0 aliphatic carbocycles. The number of aliphatic imine (C=N–C) groups is 1. The smallest absolute Gasteiger partial charge is 0.444 e. The van der Waals surface area contributed by atoms with Gasteiger partial charge in [0.05, 0.1) is 5.69 Å². The lowest BCUT2D eigenvalue weighted by atomic mass is 10.1. The van der Waals surface area contributed by atoms with Crippen molar-refractivity contribution in [2.45, 2.75) is 11.5 Å². The van der Waals surface area contributed by atoms with Gasteiger partial charge in [-0.2, -0.15) is 13.2 Å². The number of carboxylic acid groups (broad SMARTS) is 1. The summed E-state index contributed by atoms with van der Waals surface area (Å²) < 4.78 is 56.6. The maximum absolute atomic E-state index is 13.4. The first-order valence-corrected chi connectivity index (χ1v) is 8.33. The fourth-order valence-corrected chi connectivity index (χ4v) is 2.59. The third-order valence-corrected chi connectivity index (χ3v) is 3.95. The zero-order chi connectivity index (χ0) is 19.5. The lowest BCUT2D eigenvalue weighted by Crippen LogP contribution is -2.16. The van der Waals surface area contributed by atoms with Crippen molar-refractivity contribution in [2.75, 3.05) is 0 Å². The fourth-order valence-electron chi connectivity index (χ4n) is 1.93.